The highest BCUT2D eigenvalue weighted by Gasteiger charge is 2.33. The molecule has 1 rings (SSSR count). The van der Waals surface area contributed by atoms with E-state index in [4.69, 9.17) is 5.11 Å². The largest absolute Gasteiger partial charge is 0.435 e. The molecule has 7 heteroatoms. The molecule has 0 aromatic carbocycles. The van der Waals surface area contributed by atoms with Crippen molar-refractivity contribution in [1.29, 1.82) is 0 Å². The summed E-state index contributed by atoms with van der Waals surface area (Å²) in [5, 5.41) is 15.3. The summed E-state index contributed by atoms with van der Waals surface area (Å²) < 4.78 is 36.6. The van der Waals surface area contributed by atoms with Crippen LogP contribution in [0.15, 0.2) is 12.1 Å². The van der Waals surface area contributed by atoms with E-state index >= 15 is 0 Å². The van der Waals surface area contributed by atoms with Gasteiger partial charge in [0.05, 0.1) is 6.61 Å². The van der Waals surface area contributed by atoms with Gasteiger partial charge in [-0.3, -0.25) is 0 Å². The third kappa shape index (κ3) is 3.06. The van der Waals surface area contributed by atoms with Crippen LogP contribution in [0.2, 0.25) is 0 Å². The van der Waals surface area contributed by atoms with Crippen LogP contribution in [0.1, 0.15) is 12.6 Å². The molecule has 90 valence electrons. The second kappa shape index (κ2) is 5.11. The van der Waals surface area contributed by atoms with Crippen LogP contribution in [0.25, 0.3) is 0 Å². The first-order valence-corrected chi connectivity index (χ1v) is 4.75. The van der Waals surface area contributed by atoms with E-state index in [0.29, 0.717) is 18.9 Å². The van der Waals surface area contributed by atoms with Gasteiger partial charge in [0.1, 0.15) is 0 Å². The van der Waals surface area contributed by atoms with Gasteiger partial charge in [-0.1, -0.05) is 0 Å². The smallest absolute Gasteiger partial charge is 0.395 e. The highest BCUT2D eigenvalue weighted by atomic mass is 19.4. The summed E-state index contributed by atoms with van der Waals surface area (Å²) >= 11 is 0. The molecule has 16 heavy (non-hydrogen) atoms. The first kappa shape index (κ1) is 12.7. The molecule has 0 aliphatic heterocycles. The Hall–Kier alpha value is -1.37. The molecular weight excluding hydrogens is 223 g/mol. The molecule has 0 aliphatic rings. The Morgan fingerprint density at radius 3 is 2.38 bits per heavy atom. The van der Waals surface area contributed by atoms with E-state index in [9.17, 15) is 13.2 Å². The van der Waals surface area contributed by atoms with Gasteiger partial charge in [-0.05, 0) is 19.1 Å². The van der Waals surface area contributed by atoms with Crippen LogP contribution in [0.5, 0.6) is 0 Å². The Morgan fingerprint density at radius 1 is 1.31 bits per heavy atom. The summed E-state index contributed by atoms with van der Waals surface area (Å²) in [6.45, 7) is 2.59. The van der Waals surface area contributed by atoms with Crippen LogP contribution in [0.4, 0.5) is 19.0 Å². The van der Waals surface area contributed by atoms with Gasteiger partial charge in [-0.15, -0.1) is 10.2 Å². The van der Waals surface area contributed by atoms with Gasteiger partial charge >= 0.3 is 6.18 Å². The highest BCUT2D eigenvalue weighted by Crippen LogP contribution is 2.27. The molecule has 1 aromatic heterocycles. The quantitative estimate of drug-likeness (QED) is 0.855. The molecule has 1 heterocycles. The average molecular weight is 235 g/mol. The molecule has 0 unspecified atom stereocenters. The van der Waals surface area contributed by atoms with E-state index < -0.39 is 11.9 Å². The van der Waals surface area contributed by atoms with E-state index in [1.165, 1.54) is 6.07 Å². The molecule has 0 aliphatic carbocycles. The number of aliphatic hydroxyl groups excluding tert-OH is 1. The standard InChI is InChI=1S/C9H12F3N3O/c1-2-15(5-6-16)8-4-3-7(13-14-8)9(10,11)12/h3-4,16H,2,5-6H2,1H3. The molecule has 4 nitrogen and oxygen atoms in total. The Bertz CT molecular complexity index is 326. The van der Waals surface area contributed by atoms with Gasteiger partial charge in [-0.25, -0.2) is 0 Å². The van der Waals surface area contributed by atoms with Crippen LogP contribution in [0, 0.1) is 0 Å². The van der Waals surface area contributed by atoms with E-state index in [1.54, 1.807) is 4.90 Å². The van der Waals surface area contributed by atoms with E-state index in [-0.39, 0.29) is 6.61 Å². The Kier molecular flexibility index (Phi) is 4.05. The van der Waals surface area contributed by atoms with Crippen LogP contribution < -0.4 is 4.90 Å². The summed E-state index contributed by atoms with van der Waals surface area (Å²) in [7, 11) is 0. The van der Waals surface area contributed by atoms with Crippen molar-refractivity contribution >= 4 is 5.82 Å². The maximum atomic E-state index is 12.2. The third-order valence-electron chi connectivity index (χ3n) is 2.02. The van der Waals surface area contributed by atoms with Crippen LogP contribution in [0.3, 0.4) is 0 Å². The maximum absolute atomic E-state index is 12.2. The number of aromatic nitrogens is 2. The fraction of sp³-hybridized carbons (Fsp3) is 0.556. The van der Waals surface area contributed by atoms with Crippen molar-refractivity contribution in [1.82, 2.24) is 10.2 Å². The molecule has 0 amide bonds. The SMILES string of the molecule is CCN(CCO)c1ccc(C(F)(F)F)nn1. The second-order valence-corrected chi connectivity index (χ2v) is 3.08. The molecule has 0 atom stereocenters. The number of likely N-dealkylation sites (N-methyl/N-ethyl adjacent to an activating group) is 1. The first-order chi connectivity index (χ1) is 7.49. The molecule has 0 radical (unpaired) electrons. The molecule has 0 spiro atoms. The molecule has 0 saturated carbocycles. The van der Waals surface area contributed by atoms with Gasteiger partial charge in [0.15, 0.2) is 11.5 Å². The monoisotopic (exact) mass is 235 g/mol. The lowest BCUT2D eigenvalue weighted by Crippen LogP contribution is -2.27. The fourth-order valence-electron chi connectivity index (χ4n) is 1.20. The van der Waals surface area contributed by atoms with Crippen molar-refractivity contribution in [3.05, 3.63) is 17.8 Å². The lowest BCUT2D eigenvalue weighted by Gasteiger charge is -2.20. The summed E-state index contributed by atoms with van der Waals surface area (Å²) in [5.41, 5.74) is -1.02. The number of anilines is 1. The molecule has 0 bridgehead atoms. The maximum Gasteiger partial charge on any atom is 0.435 e. The topological polar surface area (TPSA) is 49.2 Å². The zero-order valence-corrected chi connectivity index (χ0v) is 8.70. The fourth-order valence-corrected chi connectivity index (χ4v) is 1.20. The molecule has 1 aromatic rings. The van der Waals surface area contributed by atoms with Crippen molar-refractivity contribution < 1.29 is 18.3 Å². The van der Waals surface area contributed by atoms with Gasteiger partial charge in [0.25, 0.3) is 0 Å². The number of hydrogen-bond acceptors (Lipinski definition) is 4. The second-order valence-electron chi connectivity index (χ2n) is 3.08. The van der Waals surface area contributed by atoms with E-state index in [2.05, 4.69) is 10.2 Å². The number of alkyl halides is 3. The summed E-state index contributed by atoms with van der Waals surface area (Å²) in [4.78, 5) is 1.63. The van der Waals surface area contributed by atoms with Crippen LogP contribution >= 0.6 is 0 Å². The van der Waals surface area contributed by atoms with Crippen LogP contribution in [-0.2, 0) is 6.18 Å². The molecule has 0 saturated heterocycles. The number of hydrogen-bond donors (Lipinski definition) is 1. The Labute approximate surface area is 90.7 Å². The number of halogens is 3. The van der Waals surface area contributed by atoms with Gasteiger partial charge in [0.2, 0.25) is 0 Å². The zero-order valence-electron chi connectivity index (χ0n) is 8.70. The van der Waals surface area contributed by atoms with Crippen molar-refractivity contribution in [2.45, 2.75) is 13.1 Å². The number of nitrogens with zero attached hydrogens (tertiary/aromatic N) is 3. The molecule has 1 N–H and O–H groups in total. The van der Waals surface area contributed by atoms with Gasteiger partial charge < -0.3 is 10.0 Å². The first-order valence-electron chi connectivity index (χ1n) is 4.75. The third-order valence-corrected chi connectivity index (χ3v) is 2.02. The normalized spacial score (nSPS) is 11.6. The zero-order chi connectivity index (χ0) is 12.2. The summed E-state index contributed by atoms with van der Waals surface area (Å²) in [6.07, 6.45) is -4.47. The van der Waals surface area contributed by atoms with Gasteiger partial charge in [-0.2, -0.15) is 13.2 Å². The van der Waals surface area contributed by atoms with Crippen LogP contribution in [-0.4, -0.2) is 35.0 Å². The average Bonchev–Trinajstić information content (AvgIpc) is 2.25. The van der Waals surface area contributed by atoms with Crippen molar-refractivity contribution in [2.75, 3.05) is 24.6 Å². The number of rotatable bonds is 4. The van der Waals surface area contributed by atoms with Gasteiger partial charge in [0, 0.05) is 13.1 Å². The van der Waals surface area contributed by atoms with Crippen molar-refractivity contribution in [3.8, 4) is 0 Å². The summed E-state index contributed by atoms with van der Waals surface area (Å²) in [6, 6.07) is 2.12. The highest BCUT2D eigenvalue weighted by molar-refractivity contribution is 5.37. The predicted octanol–water partition coefficient (Wildman–Crippen LogP) is 1.31. The minimum atomic E-state index is -4.47. The molecular formula is C9H12F3N3O. The summed E-state index contributed by atoms with van der Waals surface area (Å²) in [5.74, 6) is 0.324. The number of aliphatic hydroxyl groups is 1. The molecule has 0 fully saturated rings. The minimum Gasteiger partial charge on any atom is -0.395 e. The van der Waals surface area contributed by atoms with E-state index in [0.717, 1.165) is 6.07 Å². The lowest BCUT2D eigenvalue weighted by molar-refractivity contribution is -0.141. The minimum absolute atomic E-state index is 0.0868. The Balaban J connectivity index is 2.85. The lowest BCUT2D eigenvalue weighted by atomic mass is 10.3. The predicted molar refractivity (Wildman–Crippen MR) is 52.0 cm³/mol. The van der Waals surface area contributed by atoms with E-state index in [1.807, 2.05) is 6.92 Å². The van der Waals surface area contributed by atoms with Crippen molar-refractivity contribution in [3.63, 3.8) is 0 Å². The van der Waals surface area contributed by atoms with Crippen molar-refractivity contribution in [2.24, 2.45) is 0 Å². The Morgan fingerprint density at radius 2 is 2.00 bits per heavy atom.